The van der Waals surface area contributed by atoms with Crippen LogP contribution in [0.15, 0.2) is 24.4 Å². The van der Waals surface area contributed by atoms with Crippen molar-refractivity contribution in [3.8, 4) is 5.82 Å². The van der Waals surface area contributed by atoms with Crippen molar-refractivity contribution >= 4 is 11.8 Å². The van der Waals surface area contributed by atoms with Gasteiger partial charge in [0.2, 0.25) is 5.91 Å². The summed E-state index contributed by atoms with van der Waals surface area (Å²) in [6.07, 6.45) is 1.46. The van der Waals surface area contributed by atoms with Gasteiger partial charge >= 0.3 is 0 Å². The first-order chi connectivity index (χ1) is 10.8. The molecule has 1 atom stereocenters. The van der Waals surface area contributed by atoms with Gasteiger partial charge in [-0.15, -0.1) is 0 Å². The van der Waals surface area contributed by atoms with E-state index in [1.54, 1.807) is 16.8 Å². The molecule has 0 saturated carbocycles. The lowest BCUT2D eigenvalue weighted by molar-refractivity contribution is -0.120. The smallest absolute Gasteiger partial charge is 0.253 e. The van der Waals surface area contributed by atoms with E-state index in [1.165, 1.54) is 6.20 Å². The van der Waals surface area contributed by atoms with Crippen molar-refractivity contribution in [2.45, 2.75) is 33.7 Å². The maximum absolute atomic E-state index is 12.2. The summed E-state index contributed by atoms with van der Waals surface area (Å²) in [4.78, 5) is 27.8. The number of primary amides is 1. The maximum atomic E-state index is 12.2. The summed E-state index contributed by atoms with van der Waals surface area (Å²) in [5.74, 6) is -0.392. The molecule has 0 aromatic carbocycles. The number of nitrogens with two attached hydrogens (primary N) is 1. The van der Waals surface area contributed by atoms with Gasteiger partial charge in [0.05, 0.1) is 11.3 Å². The van der Waals surface area contributed by atoms with E-state index >= 15 is 0 Å². The first-order valence-corrected chi connectivity index (χ1v) is 7.39. The molecule has 0 spiro atoms. The fourth-order valence-electron chi connectivity index (χ4n) is 2.30. The monoisotopic (exact) mass is 315 g/mol. The predicted molar refractivity (Wildman–Crippen MR) is 86.1 cm³/mol. The van der Waals surface area contributed by atoms with Crippen LogP contribution in [0.3, 0.4) is 0 Å². The van der Waals surface area contributed by atoms with Gasteiger partial charge in [-0.3, -0.25) is 9.59 Å². The Morgan fingerprint density at radius 2 is 1.96 bits per heavy atom. The standard InChI is InChI=1S/C16H21N5O2/c1-9(2)14(15(17)22)19-16(23)12-5-6-13(18-8-12)21-11(4)7-10(3)20-21/h5-9,14H,1-4H3,(H2,17,22)(H,19,23). The molecule has 1 unspecified atom stereocenters. The zero-order valence-corrected chi connectivity index (χ0v) is 13.7. The number of aromatic nitrogens is 3. The molecule has 7 nitrogen and oxygen atoms in total. The minimum Gasteiger partial charge on any atom is -0.368 e. The van der Waals surface area contributed by atoms with Crippen LogP contribution in [-0.2, 0) is 4.79 Å². The number of hydrogen-bond donors (Lipinski definition) is 2. The number of rotatable bonds is 5. The zero-order valence-electron chi connectivity index (χ0n) is 13.7. The van der Waals surface area contributed by atoms with Gasteiger partial charge in [0, 0.05) is 11.9 Å². The molecule has 7 heteroatoms. The van der Waals surface area contributed by atoms with Crippen molar-refractivity contribution in [3.63, 3.8) is 0 Å². The Morgan fingerprint density at radius 1 is 1.26 bits per heavy atom. The first kappa shape index (κ1) is 16.7. The molecule has 2 aromatic heterocycles. The van der Waals surface area contributed by atoms with Gasteiger partial charge in [0.15, 0.2) is 5.82 Å². The van der Waals surface area contributed by atoms with E-state index in [2.05, 4.69) is 15.4 Å². The molecule has 122 valence electrons. The molecule has 2 heterocycles. The summed E-state index contributed by atoms with van der Waals surface area (Å²) in [5.41, 5.74) is 7.52. The van der Waals surface area contributed by atoms with E-state index in [0.29, 0.717) is 11.4 Å². The second-order valence-corrected chi connectivity index (χ2v) is 5.84. The van der Waals surface area contributed by atoms with Crippen LogP contribution in [0, 0.1) is 19.8 Å². The van der Waals surface area contributed by atoms with Gasteiger partial charge < -0.3 is 11.1 Å². The number of hydrogen-bond acceptors (Lipinski definition) is 4. The largest absolute Gasteiger partial charge is 0.368 e. The van der Waals surface area contributed by atoms with Crippen molar-refractivity contribution in [2.75, 3.05) is 0 Å². The Morgan fingerprint density at radius 3 is 2.39 bits per heavy atom. The molecule has 0 aliphatic rings. The molecule has 0 radical (unpaired) electrons. The van der Waals surface area contributed by atoms with Gasteiger partial charge in [-0.05, 0) is 38.0 Å². The normalized spacial score (nSPS) is 12.2. The maximum Gasteiger partial charge on any atom is 0.253 e. The molecule has 0 fully saturated rings. The number of nitrogens with one attached hydrogen (secondary N) is 1. The van der Waals surface area contributed by atoms with Crippen LogP contribution in [0.5, 0.6) is 0 Å². The number of amides is 2. The van der Waals surface area contributed by atoms with E-state index in [-0.39, 0.29) is 11.8 Å². The third kappa shape index (κ3) is 3.74. The third-order valence-electron chi connectivity index (χ3n) is 3.50. The summed E-state index contributed by atoms with van der Waals surface area (Å²) in [7, 11) is 0. The Kier molecular flexibility index (Phi) is 4.78. The zero-order chi connectivity index (χ0) is 17.1. The van der Waals surface area contributed by atoms with Crippen molar-refractivity contribution in [3.05, 3.63) is 41.3 Å². The van der Waals surface area contributed by atoms with Crippen LogP contribution >= 0.6 is 0 Å². The fourth-order valence-corrected chi connectivity index (χ4v) is 2.30. The van der Waals surface area contributed by atoms with E-state index in [9.17, 15) is 9.59 Å². The van der Waals surface area contributed by atoms with Gasteiger partial charge in [-0.2, -0.15) is 5.10 Å². The Balaban J connectivity index is 2.17. The molecule has 23 heavy (non-hydrogen) atoms. The Labute approximate surface area is 134 Å². The summed E-state index contributed by atoms with van der Waals surface area (Å²) < 4.78 is 1.71. The lowest BCUT2D eigenvalue weighted by Gasteiger charge is -2.18. The highest BCUT2D eigenvalue weighted by molar-refractivity contribution is 5.97. The Hall–Kier alpha value is -2.70. The fraction of sp³-hybridized carbons (Fsp3) is 0.375. The molecule has 0 saturated heterocycles. The lowest BCUT2D eigenvalue weighted by atomic mass is 10.0. The van der Waals surface area contributed by atoms with Crippen LogP contribution in [0.1, 0.15) is 35.6 Å². The molecule has 0 aliphatic heterocycles. The van der Waals surface area contributed by atoms with Crippen LogP contribution in [0.4, 0.5) is 0 Å². The summed E-state index contributed by atoms with van der Waals surface area (Å²) in [5, 5.41) is 6.97. The highest BCUT2D eigenvalue weighted by Gasteiger charge is 2.22. The van der Waals surface area contributed by atoms with Crippen molar-refractivity contribution in [2.24, 2.45) is 11.7 Å². The summed E-state index contributed by atoms with van der Waals surface area (Å²) in [6.45, 7) is 7.48. The number of aryl methyl sites for hydroxylation is 2. The minimum atomic E-state index is -0.710. The molecule has 2 amide bonds. The number of carbonyl (C=O) groups is 2. The molecular weight excluding hydrogens is 294 g/mol. The summed E-state index contributed by atoms with van der Waals surface area (Å²) in [6, 6.07) is 4.59. The van der Waals surface area contributed by atoms with E-state index in [4.69, 9.17) is 5.73 Å². The van der Waals surface area contributed by atoms with Gasteiger partial charge in [0.1, 0.15) is 6.04 Å². The van der Waals surface area contributed by atoms with Crippen LogP contribution in [0.2, 0.25) is 0 Å². The lowest BCUT2D eigenvalue weighted by Crippen LogP contribution is -2.47. The van der Waals surface area contributed by atoms with Crippen LogP contribution in [-0.4, -0.2) is 32.6 Å². The topological polar surface area (TPSA) is 103 Å². The number of pyridine rings is 1. The van der Waals surface area contributed by atoms with Crippen LogP contribution < -0.4 is 11.1 Å². The second kappa shape index (κ2) is 6.60. The first-order valence-electron chi connectivity index (χ1n) is 7.39. The average molecular weight is 315 g/mol. The quantitative estimate of drug-likeness (QED) is 0.863. The van der Waals surface area contributed by atoms with Crippen LogP contribution in [0.25, 0.3) is 5.82 Å². The average Bonchev–Trinajstić information content (AvgIpc) is 2.82. The minimum absolute atomic E-state index is 0.0848. The summed E-state index contributed by atoms with van der Waals surface area (Å²) >= 11 is 0. The van der Waals surface area contributed by atoms with Crippen molar-refractivity contribution in [1.82, 2.24) is 20.1 Å². The highest BCUT2D eigenvalue weighted by atomic mass is 16.2. The van der Waals surface area contributed by atoms with Gasteiger partial charge in [-0.25, -0.2) is 9.67 Å². The highest BCUT2D eigenvalue weighted by Crippen LogP contribution is 2.11. The third-order valence-corrected chi connectivity index (χ3v) is 3.50. The molecule has 0 bridgehead atoms. The predicted octanol–water partition coefficient (Wildman–Crippen LogP) is 1.12. The number of nitrogens with zero attached hydrogens (tertiary/aromatic N) is 3. The van der Waals surface area contributed by atoms with Gasteiger partial charge in [0.25, 0.3) is 5.91 Å². The molecule has 0 aliphatic carbocycles. The SMILES string of the molecule is Cc1cc(C)n(-c2ccc(C(=O)NC(C(N)=O)C(C)C)cn2)n1. The van der Waals surface area contributed by atoms with E-state index in [1.807, 2.05) is 33.8 Å². The van der Waals surface area contributed by atoms with Crippen molar-refractivity contribution < 1.29 is 9.59 Å². The van der Waals surface area contributed by atoms with Gasteiger partial charge in [-0.1, -0.05) is 13.8 Å². The molecule has 3 N–H and O–H groups in total. The van der Waals surface area contributed by atoms with E-state index in [0.717, 1.165) is 11.4 Å². The molecule has 2 aromatic rings. The molecular formula is C16H21N5O2. The van der Waals surface area contributed by atoms with Crippen molar-refractivity contribution in [1.29, 1.82) is 0 Å². The van der Waals surface area contributed by atoms with E-state index < -0.39 is 11.9 Å². The molecule has 2 rings (SSSR count). The number of carbonyl (C=O) groups excluding carboxylic acids is 2. The Bertz CT molecular complexity index is 719. The second-order valence-electron chi connectivity index (χ2n) is 5.84.